The Labute approximate surface area is 300 Å². The Bertz CT molecular complexity index is 3130. The highest BCUT2D eigenvalue weighted by Crippen LogP contribution is 2.64. The minimum absolute atomic E-state index is 0.247. The van der Waals surface area contributed by atoms with Crippen LogP contribution < -0.4 is 0 Å². The summed E-state index contributed by atoms with van der Waals surface area (Å²) in [7, 11) is 0. The lowest BCUT2D eigenvalue weighted by atomic mass is 9.91. The van der Waals surface area contributed by atoms with Crippen LogP contribution in [0.4, 0.5) is 0 Å². The molecule has 0 spiro atoms. The molecule has 9 aromatic carbocycles. The summed E-state index contributed by atoms with van der Waals surface area (Å²) in [6.45, 7) is 0.717. The van der Waals surface area contributed by atoms with Gasteiger partial charge in [-0.2, -0.15) is 4.57 Å². The second-order valence-corrected chi connectivity index (χ2v) is 14.7. The number of fused-ring (bicyclic) bond motifs is 13. The summed E-state index contributed by atoms with van der Waals surface area (Å²) in [6.07, 6.45) is 0.998. The molecule has 244 valence electrons. The molecule has 3 heteroatoms. The number of hydrogen-bond acceptors (Lipinski definition) is 0. The van der Waals surface area contributed by atoms with Crippen LogP contribution in [0.3, 0.4) is 0 Å². The Kier molecular flexibility index (Phi) is 5.60. The molecule has 12 rings (SSSR count). The lowest BCUT2D eigenvalue weighted by Crippen LogP contribution is -2.23. The van der Waals surface area contributed by atoms with E-state index in [9.17, 15) is 0 Å². The van der Waals surface area contributed by atoms with Crippen LogP contribution in [0.5, 0.6) is 0 Å². The molecule has 52 heavy (non-hydrogen) atoms. The Morgan fingerprint density at radius 2 is 1.10 bits per heavy atom. The summed E-state index contributed by atoms with van der Waals surface area (Å²) >= 11 is 0. The minimum Gasteiger partial charge on any atom is -0.516 e. The van der Waals surface area contributed by atoms with Gasteiger partial charge in [-0.15, -0.1) is 0 Å². The van der Waals surface area contributed by atoms with Gasteiger partial charge in [0, 0.05) is 16.2 Å². The van der Waals surface area contributed by atoms with Crippen LogP contribution in [-0.4, -0.2) is 15.1 Å². The van der Waals surface area contributed by atoms with Gasteiger partial charge in [0.25, 0.3) is 5.84 Å². The largest absolute Gasteiger partial charge is 0.516 e. The normalized spacial score (nSPS) is 18.3. The SMILES string of the molecule is c1ccc(C[N+]2=C(n3c4cc5ccccc5cc4c4c5c6ccccc6c6ccccc6c5ccc43)C3CC3(c3cccc4ccccc34)[N-]2)cc1. The molecule has 2 aliphatic rings. The minimum atomic E-state index is -0.301. The van der Waals surface area contributed by atoms with Gasteiger partial charge in [0.2, 0.25) is 0 Å². The first-order chi connectivity index (χ1) is 25.8. The Morgan fingerprint density at radius 3 is 1.87 bits per heavy atom. The quantitative estimate of drug-likeness (QED) is 0.133. The van der Waals surface area contributed by atoms with Crippen LogP contribution in [0.25, 0.3) is 81.1 Å². The summed E-state index contributed by atoms with van der Waals surface area (Å²) in [5, 5.41) is 15.5. The molecule has 10 aromatic rings. The summed E-state index contributed by atoms with van der Waals surface area (Å²) < 4.78 is 4.94. The summed E-state index contributed by atoms with van der Waals surface area (Å²) in [5.41, 5.74) is 10.5. The molecule has 0 bridgehead atoms. The van der Waals surface area contributed by atoms with Crippen molar-refractivity contribution < 1.29 is 4.68 Å². The molecule has 0 N–H and O–H groups in total. The molecule has 1 saturated carbocycles. The van der Waals surface area contributed by atoms with Gasteiger partial charge in [0.05, 0.1) is 5.92 Å². The Morgan fingerprint density at radius 1 is 0.500 bits per heavy atom. The Balaban J connectivity index is 1.22. The zero-order valence-electron chi connectivity index (χ0n) is 28.5. The highest BCUT2D eigenvalue weighted by molar-refractivity contribution is 6.36. The van der Waals surface area contributed by atoms with Crippen molar-refractivity contribution in [2.24, 2.45) is 5.92 Å². The molecule has 3 nitrogen and oxygen atoms in total. The van der Waals surface area contributed by atoms with E-state index >= 15 is 0 Å². The fraction of sp³-hybridized carbons (Fsp3) is 0.0816. The monoisotopic (exact) mass is 663 g/mol. The van der Waals surface area contributed by atoms with E-state index in [0.717, 1.165) is 13.0 Å². The van der Waals surface area contributed by atoms with Gasteiger partial charge >= 0.3 is 0 Å². The molecule has 1 fully saturated rings. The van der Waals surface area contributed by atoms with Crippen LogP contribution in [0.1, 0.15) is 17.5 Å². The zero-order valence-corrected chi connectivity index (χ0v) is 28.5. The molecular weight excluding hydrogens is 631 g/mol. The predicted octanol–water partition coefficient (Wildman–Crippen LogP) is 12.2. The summed E-state index contributed by atoms with van der Waals surface area (Å²) in [6, 6.07) is 62.7. The van der Waals surface area contributed by atoms with Crippen molar-refractivity contribution in [2.75, 3.05) is 0 Å². The zero-order chi connectivity index (χ0) is 34.0. The van der Waals surface area contributed by atoms with Crippen LogP contribution in [0, 0.1) is 5.92 Å². The third kappa shape index (κ3) is 3.77. The highest BCUT2D eigenvalue weighted by atomic mass is 15.5. The van der Waals surface area contributed by atoms with Crippen molar-refractivity contribution >= 4 is 81.5 Å². The van der Waals surface area contributed by atoms with Crippen LogP contribution in [-0.2, 0) is 12.1 Å². The third-order valence-corrected chi connectivity index (χ3v) is 12.0. The average molecular weight is 664 g/mol. The molecule has 2 heterocycles. The molecular formula is C49H33N3. The van der Waals surface area contributed by atoms with Gasteiger partial charge in [-0.3, -0.25) is 0 Å². The molecule has 1 aliphatic carbocycles. The van der Waals surface area contributed by atoms with E-state index in [4.69, 9.17) is 5.43 Å². The van der Waals surface area contributed by atoms with Crippen LogP contribution >= 0.6 is 0 Å². The maximum atomic E-state index is 5.75. The van der Waals surface area contributed by atoms with Crippen molar-refractivity contribution in [3.63, 3.8) is 0 Å². The van der Waals surface area contributed by atoms with Crippen molar-refractivity contribution in [3.05, 3.63) is 186 Å². The van der Waals surface area contributed by atoms with E-state index in [1.54, 1.807) is 0 Å². The summed E-state index contributed by atoms with van der Waals surface area (Å²) in [4.78, 5) is 0. The number of rotatable bonds is 3. The molecule has 2 atom stereocenters. The maximum absolute atomic E-state index is 5.75. The van der Waals surface area contributed by atoms with E-state index in [1.807, 2.05) is 0 Å². The van der Waals surface area contributed by atoms with Crippen LogP contribution in [0.2, 0.25) is 0 Å². The maximum Gasteiger partial charge on any atom is 0.250 e. The first-order valence-electron chi connectivity index (χ1n) is 18.4. The van der Waals surface area contributed by atoms with Gasteiger partial charge < -0.3 is 10.1 Å². The fourth-order valence-electron chi connectivity index (χ4n) is 9.65. The second-order valence-electron chi connectivity index (χ2n) is 14.7. The molecule has 0 saturated heterocycles. The van der Waals surface area contributed by atoms with Gasteiger partial charge in [0.15, 0.2) is 0 Å². The first-order valence-corrected chi connectivity index (χ1v) is 18.4. The standard InChI is InChI=1S/C49H33N3/c1-2-13-31(14-3-1)30-51-48(43-29-49(43,50-51)42-24-12-18-32-15-6-7-19-35(32)42)52-44-26-25-40-38-22-9-8-20-36(38)37-21-10-11-23-39(37)46(40)47(44)41-27-33-16-4-5-17-34(33)28-45(41)52/h1-28,43H,29-30H2. The second kappa shape index (κ2) is 10.3. The summed E-state index contributed by atoms with van der Waals surface area (Å²) in [5.74, 6) is 1.52. The molecule has 1 aromatic heterocycles. The van der Waals surface area contributed by atoms with E-state index in [2.05, 4.69) is 179 Å². The van der Waals surface area contributed by atoms with E-state index in [-0.39, 0.29) is 11.5 Å². The lowest BCUT2D eigenvalue weighted by Gasteiger charge is -2.30. The third-order valence-electron chi connectivity index (χ3n) is 12.0. The number of benzene rings is 9. The van der Waals surface area contributed by atoms with Gasteiger partial charge in [0.1, 0.15) is 17.6 Å². The van der Waals surface area contributed by atoms with Gasteiger partial charge in [-0.05, 0) is 95.8 Å². The highest BCUT2D eigenvalue weighted by Gasteiger charge is 2.60. The fourth-order valence-corrected chi connectivity index (χ4v) is 9.65. The van der Waals surface area contributed by atoms with Crippen molar-refractivity contribution in [1.29, 1.82) is 0 Å². The molecule has 0 amide bonds. The molecule has 2 unspecified atom stereocenters. The number of hydrogen-bond donors (Lipinski definition) is 0. The van der Waals surface area contributed by atoms with Crippen molar-refractivity contribution in [1.82, 2.24) is 4.57 Å². The average Bonchev–Trinajstić information content (AvgIpc) is 3.72. The lowest BCUT2D eigenvalue weighted by molar-refractivity contribution is -0.497. The predicted molar refractivity (Wildman–Crippen MR) is 217 cm³/mol. The Hall–Kier alpha value is -6.45. The van der Waals surface area contributed by atoms with Gasteiger partial charge in [-0.1, -0.05) is 146 Å². The molecule has 1 aliphatic heterocycles. The van der Waals surface area contributed by atoms with Crippen molar-refractivity contribution in [2.45, 2.75) is 18.5 Å². The van der Waals surface area contributed by atoms with Crippen molar-refractivity contribution in [3.8, 4) is 0 Å². The van der Waals surface area contributed by atoms with E-state index in [1.165, 1.54) is 92.6 Å². The smallest absolute Gasteiger partial charge is 0.250 e. The number of aromatic nitrogens is 1. The number of nitrogens with zero attached hydrogens (tertiary/aromatic N) is 3. The van der Waals surface area contributed by atoms with E-state index in [0.29, 0.717) is 0 Å². The van der Waals surface area contributed by atoms with E-state index < -0.39 is 0 Å². The van der Waals surface area contributed by atoms with Gasteiger partial charge in [-0.25, -0.2) is 0 Å². The topological polar surface area (TPSA) is 22.0 Å². The molecule has 0 radical (unpaired) electrons. The first kappa shape index (κ1) is 28.3. The van der Waals surface area contributed by atoms with Crippen LogP contribution in [0.15, 0.2) is 170 Å².